The molecule has 0 saturated heterocycles. The fourth-order valence-corrected chi connectivity index (χ4v) is 2.95. The van der Waals surface area contributed by atoms with E-state index < -0.39 is 0 Å². The molecule has 0 spiro atoms. The smallest absolute Gasteiger partial charge is 0.124 e. The summed E-state index contributed by atoms with van der Waals surface area (Å²) in [6.45, 7) is 0. The van der Waals surface area contributed by atoms with Crippen molar-refractivity contribution in [3.05, 3.63) is 58.9 Å². The van der Waals surface area contributed by atoms with Gasteiger partial charge in [0.2, 0.25) is 0 Å². The fourth-order valence-electron chi connectivity index (χ4n) is 2.73. The maximum atomic E-state index is 13.0. The van der Waals surface area contributed by atoms with Crippen LogP contribution in [0.3, 0.4) is 0 Å². The van der Waals surface area contributed by atoms with Gasteiger partial charge in [-0.25, -0.2) is 4.39 Å². The van der Waals surface area contributed by atoms with E-state index in [9.17, 15) is 4.39 Å². The molecule has 2 aromatic rings. The highest BCUT2D eigenvalue weighted by molar-refractivity contribution is 6.33. The highest BCUT2D eigenvalue weighted by atomic mass is 35.5. The molecule has 0 radical (unpaired) electrons. The topological polar surface area (TPSA) is 21.3 Å². The van der Waals surface area contributed by atoms with E-state index in [1.165, 1.54) is 17.7 Å². The Morgan fingerprint density at radius 1 is 1.19 bits per heavy atom. The molecule has 1 aliphatic carbocycles. The van der Waals surface area contributed by atoms with Gasteiger partial charge in [-0.2, -0.15) is 0 Å². The molecule has 0 aromatic heterocycles. The second-order valence-corrected chi connectivity index (χ2v) is 5.82. The number of halogens is 2. The van der Waals surface area contributed by atoms with Gasteiger partial charge >= 0.3 is 0 Å². The molecule has 4 heteroatoms. The Balaban J connectivity index is 1.60. The molecule has 0 bridgehead atoms. The summed E-state index contributed by atoms with van der Waals surface area (Å²) in [7, 11) is 1.68. The Hall–Kier alpha value is -1.74. The molecule has 0 unspecified atom stereocenters. The molecule has 2 aromatic carbocycles. The summed E-state index contributed by atoms with van der Waals surface area (Å²) < 4.78 is 18.3. The van der Waals surface area contributed by atoms with Crippen molar-refractivity contribution in [2.24, 2.45) is 0 Å². The van der Waals surface area contributed by atoms with E-state index in [0.29, 0.717) is 17.0 Å². The zero-order valence-electron chi connectivity index (χ0n) is 11.8. The van der Waals surface area contributed by atoms with Crippen LogP contribution in [0.25, 0.3) is 0 Å². The quantitative estimate of drug-likeness (QED) is 0.872. The second-order valence-electron chi connectivity index (χ2n) is 5.41. The van der Waals surface area contributed by atoms with Crippen molar-refractivity contribution in [2.45, 2.75) is 24.8 Å². The van der Waals surface area contributed by atoms with Gasteiger partial charge < -0.3 is 10.1 Å². The predicted molar refractivity (Wildman–Crippen MR) is 83.8 cm³/mol. The molecule has 110 valence electrons. The summed E-state index contributed by atoms with van der Waals surface area (Å²) in [5.74, 6) is 1.12. The van der Waals surface area contributed by atoms with Gasteiger partial charge in [0.1, 0.15) is 11.6 Å². The fraction of sp³-hybridized carbons (Fsp3) is 0.294. The van der Waals surface area contributed by atoms with E-state index in [-0.39, 0.29) is 5.82 Å². The van der Waals surface area contributed by atoms with E-state index in [4.69, 9.17) is 16.3 Å². The van der Waals surface area contributed by atoms with Gasteiger partial charge in [0.05, 0.1) is 17.8 Å². The number of benzene rings is 2. The summed E-state index contributed by atoms with van der Waals surface area (Å²) >= 11 is 6.03. The molecular weight excluding hydrogens is 289 g/mol. The molecule has 0 aliphatic heterocycles. The molecule has 1 saturated carbocycles. The summed E-state index contributed by atoms with van der Waals surface area (Å²) in [4.78, 5) is 0. The van der Waals surface area contributed by atoms with Crippen LogP contribution in [0, 0.1) is 5.82 Å². The Bertz CT molecular complexity index is 640. The Morgan fingerprint density at radius 2 is 2.00 bits per heavy atom. The van der Waals surface area contributed by atoms with Crippen LogP contribution in [0.2, 0.25) is 5.02 Å². The molecular formula is C17H17ClFNO. The van der Waals surface area contributed by atoms with Crippen molar-refractivity contribution in [1.29, 1.82) is 0 Å². The number of anilines is 1. The third-order valence-electron chi connectivity index (χ3n) is 3.99. The van der Waals surface area contributed by atoms with E-state index in [0.717, 1.165) is 24.3 Å². The molecule has 0 atom stereocenters. The van der Waals surface area contributed by atoms with Crippen molar-refractivity contribution in [3.8, 4) is 5.75 Å². The first-order valence-corrected chi connectivity index (χ1v) is 7.39. The molecule has 3 rings (SSSR count). The molecule has 1 N–H and O–H groups in total. The van der Waals surface area contributed by atoms with Gasteiger partial charge in [-0.05, 0) is 54.7 Å². The van der Waals surface area contributed by atoms with Crippen molar-refractivity contribution >= 4 is 17.3 Å². The van der Waals surface area contributed by atoms with Crippen LogP contribution in [0.1, 0.15) is 24.3 Å². The average molecular weight is 306 g/mol. The lowest BCUT2D eigenvalue weighted by Crippen LogP contribution is -2.34. The van der Waals surface area contributed by atoms with Crippen molar-refractivity contribution < 1.29 is 9.13 Å². The minimum Gasteiger partial charge on any atom is -0.497 e. The molecule has 0 heterocycles. The summed E-state index contributed by atoms with van der Waals surface area (Å²) in [6.07, 6.45) is 2.09. The largest absolute Gasteiger partial charge is 0.497 e. The summed E-state index contributed by atoms with van der Waals surface area (Å²) in [5, 5.41) is 3.80. The number of nitrogens with one attached hydrogen (secondary N) is 1. The molecule has 0 amide bonds. The second kappa shape index (κ2) is 5.94. The molecule has 2 nitrogen and oxygen atoms in total. The standard InChI is InChI=1S/C17H17ClFNO/c1-21-15-4-2-3-11(9-15)12-7-14(8-12)20-17-6-5-13(19)10-16(17)18/h2-6,9-10,12,14,20H,7-8H2,1H3. The van der Waals surface area contributed by atoms with Gasteiger partial charge in [-0.15, -0.1) is 0 Å². The molecule has 1 fully saturated rings. The minimum atomic E-state index is -0.312. The van der Waals surface area contributed by atoms with E-state index in [2.05, 4.69) is 17.4 Å². The lowest BCUT2D eigenvalue weighted by atomic mass is 9.76. The van der Waals surface area contributed by atoms with Crippen LogP contribution in [0.5, 0.6) is 5.75 Å². The van der Waals surface area contributed by atoms with Crippen LogP contribution in [-0.2, 0) is 0 Å². The number of methoxy groups -OCH3 is 1. The number of hydrogen-bond donors (Lipinski definition) is 1. The van der Waals surface area contributed by atoms with E-state index >= 15 is 0 Å². The Morgan fingerprint density at radius 3 is 2.71 bits per heavy atom. The van der Waals surface area contributed by atoms with Crippen LogP contribution < -0.4 is 10.1 Å². The zero-order valence-corrected chi connectivity index (χ0v) is 12.5. The van der Waals surface area contributed by atoms with Crippen molar-refractivity contribution in [2.75, 3.05) is 12.4 Å². The first-order valence-electron chi connectivity index (χ1n) is 7.01. The maximum Gasteiger partial charge on any atom is 0.124 e. The minimum absolute atomic E-state index is 0.312. The van der Waals surface area contributed by atoms with Crippen LogP contribution in [0.4, 0.5) is 10.1 Å². The first kappa shape index (κ1) is 14.2. The van der Waals surface area contributed by atoms with E-state index in [1.807, 2.05) is 12.1 Å². The Kier molecular flexibility index (Phi) is 4.02. The number of rotatable bonds is 4. The predicted octanol–water partition coefficient (Wildman–Crippen LogP) is 4.85. The lowest BCUT2D eigenvalue weighted by Gasteiger charge is -2.37. The average Bonchev–Trinajstić information content (AvgIpc) is 2.44. The van der Waals surface area contributed by atoms with Gasteiger partial charge in [0.15, 0.2) is 0 Å². The lowest BCUT2D eigenvalue weighted by molar-refractivity contribution is 0.370. The van der Waals surface area contributed by atoms with Gasteiger partial charge in [-0.3, -0.25) is 0 Å². The van der Waals surface area contributed by atoms with E-state index in [1.54, 1.807) is 13.2 Å². The van der Waals surface area contributed by atoms with Crippen molar-refractivity contribution in [3.63, 3.8) is 0 Å². The zero-order chi connectivity index (χ0) is 14.8. The molecule has 1 aliphatic rings. The molecule has 21 heavy (non-hydrogen) atoms. The normalized spacial score (nSPS) is 20.7. The van der Waals surface area contributed by atoms with Gasteiger partial charge in [0, 0.05) is 6.04 Å². The number of hydrogen-bond acceptors (Lipinski definition) is 2. The Labute approximate surface area is 128 Å². The van der Waals surface area contributed by atoms with Crippen LogP contribution in [-0.4, -0.2) is 13.2 Å². The monoisotopic (exact) mass is 305 g/mol. The van der Waals surface area contributed by atoms with Crippen LogP contribution in [0.15, 0.2) is 42.5 Å². The highest BCUT2D eigenvalue weighted by Crippen LogP contribution is 2.40. The number of ether oxygens (including phenoxy) is 1. The highest BCUT2D eigenvalue weighted by Gasteiger charge is 2.30. The van der Waals surface area contributed by atoms with Crippen LogP contribution >= 0.6 is 11.6 Å². The third kappa shape index (κ3) is 3.13. The van der Waals surface area contributed by atoms with Gasteiger partial charge in [-0.1, -0.05) is 23.7 Å². The van der Waals surface area contributed by atoms with Gasteiger partial charge in [0.25, 0.3) is 0 Å². The SMILES string of the molecule is COc1cccc(C2CC(Nc3ccc(F)cc3Cl)C2)c1. The summed E-state index contributed by atoms with van der Waals surface area (Å²) in [5.41, 5.74) is 2.10. The first-order chi connectivity index (χ1) is 10.2. The maximum absolute atomic E-state index is 13.0. The summed E-state index contributed by atoms with van der Waals surface area (Å²) in [6, 6.07) is 13.0. The third-order valence-corrected chi connectivity index (χ3v) is 4.31. The van der Waals surface area contributed by atoms with Crippen molar-refractivity contribution in [1.82, 2.24) is 0 Å².